The van der Waals surface area contributed by atoms with Gasteiger partial charge in [0.2, 0.25) is 35.4 Å². The largest absolute Gasteiger partial charge is 0.347 e. The predicted molar refractivity (Wildman–Crippen MR) is 249 cm³/mol. The summed E-state index contributed by atoms with van der Waals surface area (Å²) in [7, 11) is 3.36. The molecule has 2 aromatic rings. The molecular formula is C51H68N8O6. The maximum absolute atomic E-state index is 14.6. The molecule has 6 N–H and O–H groups in total. The number of fused-ring (bicyclic) bond motifs is 2. The molecule has 5 aliphatic rings. The van der Waals surface area contributed by atoms with Crippen molar-refractivity contribution in [1.82, 2.24) is 41.7 Å². The van der Waals surface area contributed by atoms with Crippen LogP contribution in [0.15, 0.2) is 59.7 Å². The second-order valence-electron chi connectivity index (χ2n) is 18.5. The van der Waals surface area contributed by atoms with Crippen LogP contribution in [-0.4, -0.2) is 109 Å². The minimum absolute atomic E-state index is 0.0213. The number of rotatable bonds is 15. The van der Waals surface area contributed by atoms with Crippen LogP contribution in [0, 0.1) is 11.8 Å². The minimum Gasteiger partial charge on any atom is -0.347 e. The maximum Gasteiger partial charge on any atom is 0.246 e. The van der Waals surface area contributed by atoms with Gasteiger partial charge in [0.1, 0.15) is 24.2 Å². The van der Waals surface area contributed by atoms with E-state index >= 15 is 0 Å². The summed E-state index contributed by atoms with van der Waals surface area (Å²) in [6, 6.07) is 11.8. The van der Waals surface area contributed by atoms with Gasteiger partial charge in [0.05, 0.1) is 24.2 Å². The molecule has 14 nitrogen and oxygen atoms in total. The second-order valence-corrected chi connectivity index (χ2v) is 18.5. The van der Waals surface area contributed by atoms with Crippen LogP contribution in [0.5, 0.6) is 0 Å². The highest BCUT2D eigenvalue weighted by Gasteiger charge is 2.41. The van der Waals surface area contributed by atoms with E-state index < -0.39 is 36.3 Å². The first-order valence-electron chi connectivity index (χ1n) is 24.0. The zero-order chi connectivity index (χ0) is 46.0. The highest BCUT2D eigenvalue weighted by atomic mass is 16.2. The van der Waals surface area contributed by atoms with Gasteiger partial charge in [-0.15, -0.1) is 0 Å². The van der Waals surface area contributed by atoms with Crippen LogP contribution in [-0.2, 0) is 41.6 Å². The van der Waals surface area contributed by atoms with Crippen LogP contribution in [0.2, 0.25) is 0 Å². The molecule has 65 heavy (non-hydrogen) atoms. The molecule has 0 bridgehead atoms. The molecule has 2 saturated heterocycles. The predicted octanol–water partition coefficient (Wildman–Crippen LogP) is 3.81. The number of hydrogen-bond donors (Lipinski definition) is 6. The van der Waals surface area contributed by atoms with Gasteiger partial charge in [0, 0.05) is 25.1 Å². The standard InChI is InChI=1S/C51H68N8O6/c1-32(52-3)46(60)56-42(50(64)58-29-13-27-44(58)48(62)54-40-24-11-19-35-15-5-7-22-38(35)40)26-10-18-34-17-9-21-37(34)31-43(57-47(61)33(2)53-4)51(65)59-30-14-28-45(59)49(63)55-41-25-12-20-36-16-6-8-23-39(36)41/h5-8,15-16,22-23,32-33,40-45,52-53H,9,11-14,17,19-21,24-31H2,1-4H3,(H,54,62)(H,55,63)(H,56,60)(H,57,61)/t32-,33-,40+,41+,42-,43-,44-,45-/m0/s1. The average molecular weight is 889 g/mol. The number of nitrogens with zero attached hydrogens (tertiary/aromatic N) is 2. The van der Waals surface area contributed by atoms with Crippen molar-refractivity contribution in [2.24, 2.45) is 0 Å². The van der Waals surface area contributed by atoms with Gasteiger partial charge in [-0.05, 0) is 140 Å². The molecule has 2 heterocycles. The summed E-state index contributed by atoms with van der Waals surface area (Å²) in [5.74, 6) is 4.84. The molecule has 0 unspecified atom stereocenters. The molecule has 6 amide bonds. The van der Waals surface area contributed by atoms with Crippen LogP contribution in [0.25, 0.3) is 0 Å². The minimum atomic E-state index is -0.989. The van der Waals surface area contributed by atoms with Crippen LogP contribution >= 0.6 is 0 Å². The van der Waals surface area contributed by atoms with Crippen LogP contribution in [0.4, 0.5) is 0 Å². The van der Waals surface area contributed by atoms with Gasteiger partial charge in [-0.3, -0.25) is 28.8 Å². The Morgan fingerprint density at radius 3 is 1.63 bits per heavy atom. The van der Waals surface area contributed by atoms with E-state index in [1.54, 1.807) is 37.7 Å². The number of nitrogens with one attached hydrogen (secondary N) is 6. The van der Waals surface area contributed by atoms with E-state index in [2.05, 4.69) is 68.0 Å². The summed E-state index contributed by atoms with van der Waals surface area (Å²) in [5.41, 5.74) is 6.53. The molecule has 0 radical (unpaired) electrons. The fourth-order valence-corrected chi connectivity index (χ4v) is 10.3. The summed E-state index contributed by atoms with van der Waals surface area (Å²) in [4.78, 5) is 86.6. The summed E-state index contributed by atoms with van der Waals surface area (Å²) in [6.45, 7) is 4.26. The molecule has 0 saturated carbocycles. The topological polar surface area (TPSA) is 181 Å². The number of benzene rings is 2. The van der Waals surface area contributed by atoms with Crippen molar-refractivity contribution < 1.29 is 28.8 Å². The molecule has 2 aromatic carbocycles. The van der Waals surface area contributed by atoms with E-state index in [4.69, 9.17) is 0 Å². The third kappa shape index (κ3) is 11.3. The number of carbonyl (C=O) groups is 6. The summed E-state index contributed by atoms with van der Waals surface area (Å²) < 4.78 is 0. The first kappa shape index (κ1) is 47.4. The molecule has 0 aromatic heterocycles. The van der Waals surface area contributed by atoms with Crippen molar-refractivity contribution in [3.05, 3.63) is 81.9 Å². The van der Waals surface area contributed by atoms with E-state index in [1.165, 1.54) is 11.1 Å². The van der Waals surface area contributed by atoms with Gasteiger partial charge in [-0.2, -0.15) is 0 Å². The van der Waals surface area contributed by atoms with E-state index in [0.717, 1.165) is 67.2 Å². The average Bonchev–Trinajstić information content (AvgIpc) is 4.13. The number of aryl methyl sites for hydroxylation is 2. The monoisotopic (exact) mass is 889 g/mol. The lowest BCUT2D eigenvalue weighted by atomic mass is 9.87. The van der Waals surface area contributed by atoms with Crippen molar-refractivity contribution >= 4 is 35.4 Å². The van der Waals surface area contributed by atoms with Gasteiger partial charge in [-0.25, -0.2) is 0 Å². The molecule has 8 atom stereocenters. The van der Waals surface area contributed by atoms with Crippen LogP contribution < -0.4 is 31.9 Å². The highest BCUT2D eigenvalue weighted by Crippen LogP contribution is 2.33. The Kier molecular flexibility index (Phi) is 16.1. The van der Waals surface area contributed by atoms with Crippen molar-refractivity contribution in [3.8, 4) is 11.8 Å². The van der Waals surface area contributed by atoms with Gasteiger partial charge in [-0.1, -0.05) is 65.9 Å². The van der Waals surface area contributed by atoms with E-state index in [1.807, 2.05) is 24.3 Å². The zero-order valence-electron chi connectivity index (χ0n) is 38.6. The number of allylic oxidation sites excluding steroid dienone is 1. The van der Waals surface area contributed by atoms with Crippen molar-refractivity contribution in [1.29, 1.82) is 0 Å². The van der Waals surface area contributed by atoms with Gasteiger partial charge < -0.3 is 41.7 Å². The number of carbonyl (C=O) groups excluding carboxylic acids is 6. The molecule has 2 aliphatic heterocycles. The molecule has 0 spiro atoms. The second kappa shape index (κ2) is 22.1. The highest BCUT2D eigenvalue weighted by molar-refractivity contribution is 5.95. The Hall–Kier alpha value is -5.52. The smallest absolute Gasteiger partial charge is 0.246 e. The summed E-state index contributed by atoms with van der Waals surface area (Å²) in [6.07, 6.45) is 10.4. The zero-order valence-corrected chi connectivity index (χ0v) is 38.6. The molecule has 348 valence electrons. The number of likely N-dealkylation sites (tertiary alicyclic amines) is 2. The van der Waals surface area contributed by atoms with Gasteiger partial charge in [0.15, 0.2) is 0 Å². The Morgan fingerprint density at radius 2 is 1.11 bits per heavy atom. The molecule has 3 aliphatic carbocycles. The molecule has 14 heteroatoms. The van der Waals surface area contributed by atoms with Crippen LogP contribution in [0.3, 0.4) is 0 Å². The summed E-state index contributed by atoms with van der Waals surface area (Å²) in [5, 5.41) is 18.3. The van der Waals surface area contributed by atoms with Crippen molar-refractivity contribution in [3.63, 3.8) is 0 Å². The SMILES string of the molecule is CN[C@@H](C)C(=O)N[C@@H](CC#CC1=C(C[C@H](NC(=O)[C@H](C)NC)C(=O)N2CCC[C@H]2C(=O)N[C@@H]2CCCc3ccccc32)CCC1)C(=O)N1CCC[C@H]1C(=O)N[C@@H]1CCCc2ccccc21. The fourth-order valence-electron chi connectivity index (χ4n) is 10.3. The quantitative estimate of drug-likeness (QED) is 0.146. The first-order valence-corrected chi connectivity index (χ1v) is 24.0. The number of amides is 6. The summed E-state index contributed by atoms with van der Waals surface area (Å²) >= 11 is 0. The van der Waals surface area contributed by atoms with Gasteiger partial charge >= 0.3 is 0 Å². The maximum atomic E-state index is 14.6. The lowest BCUT2D eigenvalue weighted by Gasteiger charge is -2.32. The number of likely N-dealkylation sites (N-methyl/N-ethyl adjacent to an activating group) is 2. The number of hydrogen-bond acceptors (Lipinski definition) is 8. The lowest BCUT2D eigenvalue weighted by Crippen LogP contribution is -2.55. The molecule has 2 fully saturated rings. The van der Waals surface area contributed by atoms with E-state index in [9.17, 15) is 28.8 Å². The van der Waals surface area contributed by atoms with Crippen LogP contribution in [0.1, 0.15) is 132 Å². The lowest BCUT2D eigenvalue weighted by molar-refractivity contribution is -0.141. The normalized spacial score (nSPS) is 23.2. The Morgan fingerprint density at radius 1 is 0.615 bits per heavy atom. The van der Waals surface area contributed by atoms with Crippen molar-refractivity contribution in [2.45, 2.75) is 158 Å². The Balaban J connectivity index is 1.06. The fraction of sp³-hybridized carbons (Fsp3) is 0.569. The Labute approximate surface area is 384 Å². The third-order valence-corrected chi connectivity index (χ3v) is 14.3. The third-order valence-electron chi connectivity index (χ3n) is 14.3. The molecule has 7 rings (SSSR count). The van der Waals surface area contributed by atoms with Gasteiger partial charge in [0.25, 0.3) is 0 Å². The first-order chi connectivity index (χ1) is 31.5. The van der Waals surface area contributed by atoms with Crippen molar-refractivity contribution in [2.75, 3.05) is 27.2 Å². The molecular weight excluding hydrogens is 821 g/mol. The van der Waals surface area contributed by atoms with E-state index in [-0.39, 0.29) is 60.4 Å². The van der Waals surface area contributed by atoms with E-state index in [0.29, 0.717) is 51.6 Å². The Bertz CT molecular complexity index is 2200.